The molecule has 1 aromatic heterocycles. The molecule has 0 amide bonds. The highest BCUT2D eigenvalue weighted by molar-refractivity contribution is 5.98. The Hall–Kier alpha value is -3.53. The van der Waals surface area contributed by atoms with Crippen LogP contribution in [0.3, 0.4) is 0 Å². The Morgan fingerprint density at radius 1 is 0.862 bits per heavy atom. The predicted molar refractivity (Wildman–Crippen MR) is 117 cm³/mol. The van der Waals surface area contributed by atoms with Crippen LogP contribution in [0.1, 0.15) is 22.6 Å². The first-order valence-electron chi connectivity index (χ1n) is 9.69. The van der Waals surface area contributed by atoms with Gasteiger partial charge in [0.2, 0.25) is 0 Å². The van der Waals surface area contributed by atoms with E-state index in [-0.39, 0.29) is 5.92 Å². The van der Waals surface area contributed by atoms with Crippen LogP contribution >= 0.6 is 0 Å². The molecular formula is C25H22N2O2. The molecule has 0 fully saturated rings. The largest absolute Gasteiger partial charge is 0.497 e. The summed E-state index contributed by atoms with van der Waals surface area (Å²) in [6.45, 7) is 0. The molecule has 1 heterocycles. The Bertz CT molecular complexity index is 1210. The van der Waals surface area contributed by atoms with Crippen LogP contribution < -0.4 is 15.2 Å². The molecule has 1 unspecified atom stereocenters. The molecule has 0 radical (unpaired) electrons. The van der Waals surface area contributed by atoms with E-state index >= 15 is 0 Å². The van der Waals surface area contributed by atoms with Crippen LogP contribution in [0.15, 0.2) is 66.7 Å². The van der Waals surface area contributed by atoms with Gasteiger partial charge in [0.15, 0.2) is 0 Å². The minimum absolute atomic E-state index is 0.127. The average Bonchev–Trinajstić information content (AvgIpc) is 2.78. The van der Waals surface area contributed by atoms with Gasteiger partial charge >= 0.3 is 0 Å². The predicted octanol–water partition coefficient (Wildman–Crippen LogP) is 5.19. The topological polar surface area (TPSA) is 57.4 Å². The van der Waals surface area contributed by atoms with Crippen molar-refractivity contribution in [2.24, 2.45) is 0 Å². The average molecular weight is 382 g/mol. The molecule has 2 N–H and O–H groups in total. The second kappa shape index (κ2) is 6.82. The lowest BCUT2D eigenvalue weighted by atomic mass is 9.76. The number of nitrogens with zero attached hydrogens (tertiary/aromatic N) is 1. The number of hydrogen-bond acceptors (Lipinski definition) is 4. The summed E-state index contributed by atoms with van der Waals surface area (Å²) in [4.78, 5) is 4.86. The van der Waals surface area contributed by atoms with Gasteiger partial charge < -0.3 is 15.2 Å². The zero-order valence-electron chi connectivity index (χ0n) is 16.5. The van der Waals surface area contributed by atoms with Crippen LogP contribution in [0.25, 0.3) is 22.0 Å². The van der Waals surface area contributed by atoms with Crippen molar-refractivity contribution in [3.8, 4) is 22.8 Å². The van der Waals surface area contributed by atoms with Gasteiger partial charge in [-0.1, -0.05) is 48.5 Å². The third kappa shape index (κ3) is 2.80. The van der Waals surface area contributed by atoms with Gasteiger partial charge in [-0.05, 0) is 40.6 Å². The van der Waals surface area contributed by atoms with Crippen LogP contribution in [-0.2, 0) is 6.42 Å². The van der Waals surface area contributed by atoms with Crippen molar-refractivity contribution < 1.29 is 9.47 Å². The fraction of sp³-hybridized carbons (Fsp3) is 0.160. The van der Waals surface area contributed by atoms with Gasteiger partial charge in [-0.15, -0.1) is 0 Å². The summed E-state index contributed by atoms with van der Waals surface area (Å²) in [5.41, 5.74) is 12.1. The summed E-state index contributed by atoms with van der Waals surface area (Å²) in [7, 11) is 3.36. The van der Waals surface area contributed by atoms with Gasteiger partial charge in [0.05, 0.1) is 19.9 Å². The van der Waals surface area contributed by atoms with Crippen molar-refractivity contribution in [3.05, 3.63) is 83.4 Å². The Labute approximate surface area is 169 Å². The van der Waals surface area contributed by atoms with Gasteiger partial charge in [0, 0.05) is 22.9 Å². The molecule has 1 atom stereocenters. The molecule has 3 aromatic carbocycles. The number of pyridine rings is 1. The smallest absolute Gasteiger partial charge is 0.131 e. The van der Waals surface area contributed by atoms with E-state index in [1.54, 1.807) is 14.2 Å². The number of nitrogens with two attached hydrogens (primary N) is 1. The number of nitrogen functional groups attached to an aromatic ring is 1. The number of methoxy groups -OCH3 is 2. The van der Waals surface area contributed by atoms with Gasteiger partial charge in [-0.2, -0.15) is 0 Å². The summed E-state index contributed by atoms with van der Waals surface area (Å²) >= 11 is 0. The molecule has 4 heteroatoms. The van der Waals surface area contributed by atoms with Gasteiger partial charge in [0.25, 0.3) is 0 Å². The molecule has 0 spiro atoms. The molecule has 29 heavy (non-hydrogen) atoms. The molecule has 4 aromatic rings. The number of benzene rings is 3. The number of anilines is 1. The number of ether oxygens (including phenoxy) is 2. The Balaban J connectivity index is 1.84. The molecule has 1 aliphatic carbocycles. The number of hydrogen-bond donors (Lipinski definition) is 1. The van der Waals surface area contributed by atoms with E-state index in [0.29, 0.717) is 5.82 Å². The fourth-order valence-electron chi connectivity index (χ4n) is 4.43. The molecule has 5 rings (SSSR count). The number of rotatable bonds is 3. The van der Waals surface area contributed by atoms with Crippen molar-refractivity contribution in [2.45, 2.75) is 12.3 Å². The van der Waals surface area contributed by atoms with E-state index in [1.165, 1.54) is 11.1 Å². The van der Waals surface area contributed by atoms with Crippen LogP contribution in [-0.4, -0.2) is 19.2 Å². The summed E-state index contributed by atoms with van der Waals surface area (Å²) < 4.78 is 11.1. The van der Waals surface area contributed by atoms with E-state index in [2.05, 4.69) is 48.5 Å². The Morgan fingerprint density at radius 2 is 1.52 bits per heavy atom. The molecule has 4 nitrogen and oxygen atoms in total. The van der Waals surface area contributed by atoms with Crippen molar-refractivity contribution in [1.82, 2.24) is 4.98 Å². The molecule has 0 saturated carbocycles. The number of aromatic nitrogens is 1. The molecular weight excluding hydrogens is 360 g/mol. The van der Waals surface area contributed by atoms with E-state index in [4.69, 9.17) is 20.2 Å². The maximum atomic E-state index is 6.36. The van der Waals surface area contributed by atoms with Gasteiger partial charge in [-0.25, -0.2) is 4.98 Å². The quantitative estimate of drug-likeness (QED) is 0.530. The second-order valence-corrected chi connectivity index (χ2v) is 7.36. The van der Waals surface area contributed by atoms with Crippen molar-refractivity contribution in [1.29, 1.82) is 0 Å². The first-order valence-corrected chi connectivity index (χ1v) is 9.69. The first-order chi connectivity index (χ1) is 14.2. The van der Waals surface area contributed by atoms with Crippen LogP contribution in [0.2, 0.25) is 0 Å². The fourth-order valence-corrected chi connectivity index (χ4v) is 4.43. The Kier molecular flexibility index (Phi) is 4.13. The maximum Gasteiger partial charge on any atom is 0.131 e. The highest BCUT2D eigenvalue weighted by Crippen LogP contribution is 2.46. The summed E-state index contributed by atoms with van der Waals surface area (Å²) in [6, 6.07) is 22.8. The SMILES string of the molecule is COc1cc(OC)cc(C2Cc3ccccc3-c3nc(N)c4ccccc4c32)c1. The lowest BCUT2D eigenvalue weighted by molar-refractivity contribution is 0.393. The molecule has 0 aliphatic heterocycles. The van der Waals surface area contributed by atoms with E-state index in [1.807, 2.05) is 18.2 Å². The third-order valence-corrected chi connectivity index (χ3v) is 5.80. The number of fused-ring (bicyclic) bond motifs is 5. The minimum Gasteiger partial charge on any atom is -0.497 e. The minimum atomic E-state index is 0.127. The summed E-state index contributed by atoms with van der Waals surface area (Å²) in [5.74, 6) is 2.26. The lowest BCUT2D eigenvalue weighted by Crippen LogP contribution is -2.15. The Morgan fingerprint density at radius 3 is 2.24 bits per heavy atom. The van der Waals surface area contributed by atoms with Crippen molar-refractivity contribution >= 4 is 16.6 Å². The van der Waals surface area contributed by atoms with Crippen molar-refractivity contribution in [3.63, 3.8) is 0 Å². The maximum absolute atomic E-state index is 6.36. The lowest BCUT2D eigenvalue weighted by Gasteiger charge is -2.29. The zero-order chi connectivity index (χ0) is 20.0. The molecule has 0 bridgehead atoms. The molecule has 1 aliphatic rings. The van der Waals surface area contributed by atoms with Crippen molar-refractivity contribution in [2.75, 3.05) is 20.0 Å². The molecule has 0 saturated heterocycles. The molecule has 144 valence electrons. The second-order valence-electron chi connectivity index (χ2n) is 7.36. The standard InChI is InChI=1S/C25H22N2O2/c1-28-17-11-16(12-18(14-17)29-2)22-13-15-7-3-4-8-19(15)24-23(22)20-9-5-6-10-21(20)25(26)27-24/h3-12,14,22H,13H2,1-2H3,(H2,26,27). The van der Waals surface area contributed by atoms with E-state index < -0.39 is 0 Å². The monoisotopic (exact) mass is 382 g/mol. The van der Waals surface area contributed by atoms with E-state index in [0.717, 1.165) is 45.5 Å². The van der Waals surface area contributed by atoms with Crippen LogP contribution in [0.4, 0.5) is 5.82 Å². The van der Waals surface area contributed by atoms with Gasteiger partial charge in [-0.3, -0.25) is 0 Å². The normalized spacial score (nSPS) is 14.9. The van der Waals surface area contributed by atoms with Gasteiger partial charge in [0.1, 0.15) is 17.3 Å². The summed E-state index contributed by atoms with van der Waals surface area (Å²) in [5, 5.41) is 2.14. The third-order valence-electron chi connectivity index (χ3n) is 5.80. The highest BCUT2D eigenvalue weighted by atomic mass is 16.5. The van der Waals surface area contributed by atoms with Crippen LogP contribution in [0, 0.1) is 0 Å². The highest BCUT2D eigenvalue weighted by Gasteiger charge is 2.30. The summed E-state index contributed by atoms with van der Waals surface area (Å²) in [6.07, 6.45) is 0.884. The first kappa shape index (κ1) is 17.6. The van der Waals surface area contributed by atoms with E-state index in [9.17, 15) is 0 Å². The van der Waals surface area contributed by atoms with Crippen LogP contribution in [0.5, 0.6) is 11.5 Å². The zero-order valence-corrected chi connectivity index (χ0v) is 16.5.